The van der Waals surface area contributed by atoms with Crippen LogP contribution in [0.2, 0.25) is 0 Å². The monoisotopic (exact) mass is 415 g/mol. The number of benzene rings is 1. The van der Waals surface area contributed by atoms with Crippen LogP contribution in [0.25, 0.3) is 0 Å². The van der Waals surface area contributed by atoms with E-state index in [-0.39, 0.29) is 13.0 Å². The molecule has 0 aromatic heterocycles. The molecule has 1 amide bonds. The number of hydrogen-bond donors (Lipinski definition) is 1. The van der Waals surface area contributed by atoms with Crippen molar-refractivity contribution in [3.05, 3.63) is 35.9 Å². The molecule has 28 heavy (non-hydrogen) atoms. The van der Waals surface area contributed by atoms with Gasteiger partial charge in [0.05, 0.1) is 20.6 Å². The molecular weight excluding hydrogens is 386 g/mol. The van der Waals surface area contributed by atoms with Gasteiger partial charge in [-0.3, -0.25) is 4.79 Å². The second-order valence-corrected chi connectivity index (χ2v) is 6.12. The molecule has 0 aliphatic rings. The van der Waals surface area contributed by atoms with Crippen LogP contribution in [-0.4, -0.2) is 50.2 Å². The van der Waals surface area contributed by atoms with E-state index in [1.54, 1.807) is 12.1 Å². The van der Waals surface area contributed by atoms with Crippen molar-refractivity contribution in [3.63, 3.8) is 0 Å². The van der Waals surface area contributed by atoms with Crippen LogP contribution in [0.4, 0.5) is 4.79 Å². The Labute approximate surface area is 170 Å². The lowest BCUT2D eigenvalue weighted by Crippen LogP contribution is -2.49. The van der Waals surface area contributed by atoms with Gasteiger partial charge in [0.2, 0.25) is 0 Å². The van der Waals surface area contributed by atoms with E-state index in [2.05, 4.69) is 10.1 Å². The van der Waals surface area contributed by atoms with Crippen molar-refractivity contribution in [2.45, 2.75) is 45.9 Å². The molecule has 0 saturated heterocycles. The summed E-state index contributed by atoms with van der Waals surface area (Å²) < 4.78 is 19.7. The molecule has 1 rings (SSSR count). The van der Waals surface area contributed by atoms with E-state index in [1.165, 1.54) is 21.1 Å². The van der Waals surface area contributed by atoms with Crippen molar-refractivity contribution in [1.82, 2.24) is 5.32 Å². The Balaban J connectivity index is 0.00000352. The largest absolute Gasteiger partial charge is 0.467 e. The molecule has 1 N–H and O–H groups in total. The van der Waals surface area contributed by atoms with Crippen LogP contribution in [0.5, 0.6) is 0 Å². The van der Waals surface area contributed by atoms with E-state index in [0.29, 0.717) is 5.75 Å². The molecule has 1 aromatic rings. The minimum absolute atomic E-state index is 0.0446. The molecule has 8 nitrogen and oxygen atoms in total. The van der Waals surface area contributed by atoms with Crippen LogP contribution in [0, 0.1) is 0 Å². The van der Waals surface area contributed by atoms with Gasteiger partial charge in [-0.25, -0.2) is 9.59 Å². The Hall–Kier alpha value is -2.26. The number of alkyl carbamates (subject to hydrolysis) is 1. The number of carbonyl (C=O) groups is 3. The minimum Gasteiger partial charge on any atom is -0.467 e. The predicted molar refractivity (Wildman–Crippen MR) is 107 cm³/mol. The second kappa shape index (κ2) is 15.8. The fraction of sp³-hybridized carbons (Fsp3) is 0.526. The maximum atomic E-state index is 11.9. The molecule has 2 unspecified atom stereocenters. The van der Waals surface area contributed by atoms with Gasteiger partial charge in [0.15, 0.2) is 6.04 Å². The number of amides is 1. The third kappa shape index (κ3) is 10.8. The van der Waals surface area contributed by atoms with Crippen molar-refractivity contribution < 1.29 is 32.8 Å². The summed E-state index contributed by atoms with van der Waals surface area (Å²) in [7, 11) is 2.67. The van der Waals surface area contributed by atoms with E-state index in [0.717, 1.165) is 17.6 Å². The molecule has 158 valence electrons. The molecule has 0 fully saturated rings. The number of hydrogen-bond acceptors (Lipinski definition) is 8. The highest BCUT2D eigenvalue weighted by Crippen LogP contribution is 2.08. The van der Waals surface area contributed by atoms with Crippen LogP contribution in [0.1, 0.15) is 32.8 Å². The maximum Gasteiger partial charge on any atom is 0.408 e. The highest BCUT2D eigenvalue weighted by Gasteiger charge is 2.31. The first kappa shape index (κ1) is 25.7. The van der Waals surface area contributed by atoms with Crippen molar-refractivity contribution >= 4 is 30.1 Å². The second-order valence-electron chi connectivity index (χ2n) is 5.14. The van der Waals surface area contributed by atoms with Crippen molar-refractivity contribution in [2.75, 3.05) is 20.0 Å². The molecular formula is C19H29NO7S. The van der Waals surface area contributed by atoms with E-state index >= 15 is 0 Å². The van der Waals surface area contributed by atoms with E-state index < -0.39 is 30.2 Å². The third-order valence-corrected chi connectivity index (χ3v) is 3.84. The zero-order valence-electron chi connectivity index (χ0n) is 16.9. The van der Waals surface area contributed by atoms with Crippen LogP contribution < -0.4 is 5.32 Å². The number of nitrogens with one attached hydrogen (secondary N) is 1. The summed E-state index contributed by atoms with van der Waals surface area (Å²) in [4.78, 5) is 35.6. The number of esters is 2. The lowest BCUT2D eigenvalue weighted by atomic mass is 10.2. The maximum absolute atomic E-state index is 11.9. The molecule has 0 aliphatic heterocycles. The molecule has 0 saturated carbocycles. The molecule has 0 radical (unpaired) electrons. The highest BCUT2D eigenvalue weighted by molar-refractivity contribution is 7.94. The first-order chi connectivity index (χ1) is 13.5. The minimum atomic E-state index is -1.18. The predicted octanol–water partition coefficient (Wildman–Crippen LogP) is 3.10. The van der Waals surface area contributed by atoms with Crippen molar-refractivity contribution in [3.8, 4) is 0 Å². The molecule has 1 aromatic carbocycles. The molecule has 0 aliphatic carbocycles. The Morgan fingerprint density at radius 1 is 1.11 bits per heavy atom. The standard InChI is InChI=1S/C17H23NO7S.C2H6/c1-12(25-14(19)9-10-26-23-3)15(16(20)22-2)18-17(21)24-11-13-7-5-4-6-8-13;1-2/h4-8,12,15H,9-11H2,1-3H3,(H,18,21);1-2H3. The van der Waals surface area contributed by atoms with Gasteiger partial charge < -0.3 is 23.7 Å². The fourth-order valence-corrected chi connectivity index (χ4v) is 2.35. The lowest BCUT2D eigenvalue weighted by molar-refractivity contribution is -0.155. The number of carbonyl (C=O) groups excluding carboxylic acids is 3. The number of rotatable bonds is 10. The van der Waals surface area contributed by atoms with Gasteiger partial charge in [-0.15, -0.1) is 0 Å². The van der Waals surface area contributed by atoms with Gasteiger partial charge >= 0.3 is 18.0 Å². The molecule has 0 heterocycles. The van der Waals surface area contributed by atoms with Crippen LogP contribution in [0.3, 0.4) is 0 Å². The summed E-state index contributed by atoms with van der Waals surface area (Å²) in [6.45, 7) is 5.53. The zero-order chi connectivity index (χ0) is 21.4. The van der Waals surface area contributed by atoms with Gasteiger partial charge in [-0.05, 0) is 24.5 Å². The molecule has 2 atom stereocenters. The van der Waals surface area contributed by atoms with Crippen molar-refractivity contribution in [2.24, 2.45) is 0 Å². The van der Waals surface area contributed by atoms with Crippen LogP contribution in [0.15, 0.2) is 30.3 Å². The summed E-state index contributed by atoms with van der Waals surface area (Å²) in [5.74, 6) is -0.846. The van der Waals surface area contributed by atoms with Crippen LogP contribution >= 0.6 is 12.0 Å². The average molecular weight is 416 g/mol. The topological polar surface area (TPSA) is 100 Å². The Morgan fingerprint density at radius 3 is 2.32 bits per heavy atom. The van der Waals surface area contributed by atoms with E-state index in [4.69, 9.17) is 13.7 Å². The SMILES string of the molecule is CC.COSCCC(=O)OC(C)C(NC(=O)OCc1ccccc1)C(=O)OC. The molecule has 0 spiro atoms. The molecule has 0 bridgehead atoms. The Bertz CT molecular complexity index is 583. The van der Waals surface area contributed by atoms with E-state index in [1.807, 2.05) is 32.0 Å². The normalized spacial score (nSPS) is 11.9. The first-order valence-corrected chi connectivity index (χ1v) is 9.79. The van der Waals surface area contributed by atoms with Gasteiger partial charge in [0.25, 0.3) is 0 Å². The Morgan fingerprint density at radius 2 is 1.75 bits per heavy atom. The van der Waals surface area contributed by atoms with Crippen molar-refractivity contribution in [1.29, 1.82) is 0 Å². The summed E-state index contributed by atoms with van der Waals surface area (Å²) >= 11 is 1.12. The molecule has 9 heteroatoms. The van der Waals surface area contributed by atoms with Crippen LogP contribution in [-0.2, 0) is 34.6 Å². The Kier molecular flexibility index (Phi) is 14.5. The smallest absolute Gasteiger partial charge is 0.408 e. The van der Waals surface area contributed by atoms with Gasteiger partial charge in [0.1, 0.15) is 12.7 Å². The summed E-state index contributed by atoms with van der Waals surface area (Å²) in [5.41, 5.74) is 0.799. The quantitative estimate of drug-likeness (QED) is 0.269. The third-order valence-electron chi connectivity index (χ3n) is 3.24. The first-order valence-electron chi connectivity index (χ1n) is 8.88. The highest BCUT2D eigenvalue weighted by atomic mass is 32.2. The van der Waals surface area contributed by atoms with Gasteiger partial charge in [-0.1, -0.05) is 44.2 Å². The number of ether oxygens (including phenoxy) is 3. The summed E-state index contributed by atoms with van der Waals surface area (Å²) in [6.07, 6.45) is -1.64. The average Bonchev–Trinajstić information content (AvgIpc) is 2.72. The summed E-state index contributed by atoms with van der Waals surface area (Å²) in [6, 6.07) is 7.90. The van der Waals surface area contributed by atoms with Gasteiger partial charge in [-0.2, -0.15) is 0 Å². The fourth-order valence-electron chi connectivity index (χ4n) is 1.93. The summed E-state index contributed by atoms with van der Waals surface area (Å²) in [5, 5.41) is 2.37. The van der Waals surface area contributed by atoms with Gasteiger partial charge in [0, 0.05) is 5.75 Å². The van der Waals surface area contributed by atoms with E-state index in [9.17, 15) is 14.4 Å². The number of methoxy groups -OCH3 is 1. The zero-order valence-corrected chi connectivity index (χ0v) is 17.7. The lowest BCUT2D eigenvalue weighted by Gasteiger charge is -2.22.